The Morgan fingerprint density at radius 1 is 1.12 bits per heavy atom. The SMILES string of the molecule is CC[C@]1(C)OC(O)C2OC(C)(C)OC2C1OC. The van der Waals surface area contributed by atoms with Crippen LogP contribution in [0.4, 0.5) is 0 Å². The Kier molecular flexibility index (Phi) is 3.25. The average molecular weight is 246 g/mol. The van der Waals surface area contributed by atoms with Crippen LogP contribution in [0.25, 0.3) is 0 Å². The summed E-state index contributed by atoms with van der Waals surface area (Å²) in [7, 11) is 1.63. The lowest BCUT2D eigenvalue weighted by Crippen LogP contribution is -2.62. The summed E-state index contributed by atoms with van der Waals surface area (Å²) in [5, 5.41) is 10.0. The van der Waals surface area contributed by atoms with Crippen molar-refractivity contribution in [1.29, 1.82) is 0 Å². The Labute approximate surface area is 102 Å². The molecule has 1 N–H and O–H groups in total. The van der Waals surface area contributed by atoms with Gasteiger partial charge in [0.15, 0.2) is 12.1 Å². The van der Waals surface area contributed by atoms with E-state index in [9.17, 15) is 5.11 Å². The second-order valence-corrected chi connectivity index (χ2v) is 5.40. The predicted molar refractivity (Wildman–Crippen MR) is 60.4 cm³/mol. The number of fused-ring (bicyclic) bond motifs is 1. The topological polar surface area (TPSA) is 57.2 Å². The zero-order valence-electron chi connectivity index (χ0n) is 11.1. The Bertz CT molecular complexity index is 293. The summed E-state index contributed by atoms with van der Waals surface area (Å²) in [5.74, 6) is -0.713. The van der Waals surface area contributed by atoms with Crippen LogP contribution < -0.4 is 0 Å². The summed E-state index contributed by atoms with van der Waals surface area (Å²) in [5.41, 5.74) is -0.556. The van der Waals surface area contributed by atoms with Crippen molar-refractivity contribution >= 4 is 0 Å². The van der Waals surface area contributed by atoms with Crippen LogP contribution in [-0.2, 0) is 18.9 Å². The zero-order valence-corrected chi connectivity index (χ0v) is 11.1. The van der Waals surface area contributed by atoms with Gasteiger partial charge in [0, 0.05) is 7.11 Å². The van der Waals surface area contributed by atoms with Gasteiger partial charge in [-0.05, 0) is 27.2 Å². The van der Waals surface area contributed by atoms with Gasteiger partial charge in [-0.25, -0.2) is 0 Å². The van der Waals surface area contributed by atoms with Crippen LogP contribution in [0.5, 0.6) is 0 Å². The van der Waals surface area contributed by atoms with E-state index in [1.807, 2.05) is 27.7 Å². The molecule has 100 valence electrons. The lowest BCUT2D eigenvalue weighted by molar-refractivity contribution is -0.298. The maximum atomic E-state index is 10.0. The van der Waals surface area contributed by atoms with Gasteiger partial charge in [-0.2, -0.15) is 0 Å². The fourth-order valence-electron chi connectivity index (χ4n) is 2.70. The van der Waals surface area contributed by atoms with Gasteiger partial charge in [0.25, 0.3) is 0 Å². The number of methoxy groups -OCH3 is 1. The number of aliphatic hydroxyl groups is 1. The van der Waals surface area contributed by atoms with E-state index in [-0.39, 0.29) is 12.2 Å². The van der Waals surface area contributed by atoms with Gasteiger partial charge in [-0.3, -0.25) is 0 Å². The number of aliphatic hydroxyl groups excluding tert-OH is 1. The lowest BCUT2D eigenvalue weighted by Gasteiger charge is -2.46. The smallest absolute Gasteiger partial charge is 0.184 e. The highest BCUT2D eigenvalue weighted by Crippen LogP contribution is 2.42. The van der Waals surface area contributed by atoms with Gasteiger partial charge in [-0.15, -0.1) is 0 Å². The largest absolute Gasteiger partial charge is 0.376 e. The van der Waals surface area contributed by atoms with E-state index in [4.69, 9.17) is 18.9 Å². The van der Waals surface area contributed by atoms with Crippen LogP contribution in [0.2, 0.25) is 0 Å². The van der Waals surface area contributed by atoms with Gasteiger partial charge in [-0.1, -0.05) is 6.92 Å². The van der Waals surface area contributed by atoms with E-state index >= 15 is 0 Å². The molecule has 0 aromatic heterocycles. The zero-order chi connectivity index (χ0) is 12.8. The molecule has 2 rings (SSSR count). The summed E-state index contributed by atoms with van der Waals surface area (Å²) in [6.07, 6.45) is -1.28. The van der Waals surface area contributed by atoms with Gasteiger partial charge < -0.3 is 24.1 Å². The van der Waals surface area contributed by atoms with E-state index in [1.54, 1.807) is 7.11 Å². The molecule has 5 nitrogen and oxygen atoms in total. The summed E-state index contributed by atoms with van der Waals surface area (Å²) < 4.78 is 22.7. The molecule has 5 heteroatoms. The van der Waals surface area contributed by atoms with Crippen molar-refractivity contribution in [2.75, 3.05) is 7.11 Å². The van der Waals surface area contributed by atoms with E-state index in [0.29, 0.717) is 0 Å². The highest BCUT2D eigenvalue weighted by Gasteiger charge is 2.58. The summed E-state index contributed by atoms with van der Waals surface area (Å²) in [6, 6.07) is 0. The molecule has 2 saturated heterocycles. The van der Waals surface area contributed by atoms with Crippen LogP contribution in [0.3, 0.4) is 0 Å². The molecule has 2 heterocycles. The predicted octanol–water partition coefficient (Wildman–Crippen LogP) is 1.04. The van der Waals surface area contributed by atoms with Crippen LogP contribution in [0.15, 0.2) is 0 Å². The molecule has 4 unspecified atom stereocenters. The molecule has 0 aromatic rings. The molecule has 0 spiro atoms. The standard InChI is InChI=1S/C12H22O5/c1-6-12(4)9(14-5)7-8(10(13)17-12)16-11(2,3)15-7/h7-10,13H,6H2,1-5H3/t7?,8?,9?,10?,12-/m0/s1. The number of rotatable bonds is 2. The monoisotopic (exact) mass is 246 g/mol. The minimum Gasteiger partial charge on any atom is -0.376 e. The summed E-state index contributed by atoms with van der Waals surface area (Å²) >= 11 is 0. The Morgan fingerprint density at radius 2 is 1.71 bits per heavy atom. The van der Waals surface area contributed by atoms with Crippen molar-refractivity contribution in [3.63, 3.8) is 0 Å². The summed E-state index contributed by atoms with van der Waals surface area (Å²) in [6.45, 7) is 7.58. The average Bonchev–Trinajstić information content (AvgIpc) is 2.55. The van der Waals surface area contributed by atoms with Crippen molar-refractivity contribution in [3.8, 4) is 0 Å². The van der Waals surface area contributed by atoms with Crippen LogP contribution in [0, 0.1) is 0 Å². The van der Waals surface area contributed by atoms with Gasteiger partial charge in [0.05, 0.1) is 5.60 Å². The first kappa shape index (κ1) is 13.2. The van der Waals surface area contributed by atoms with Crippen LogP contribution in [0.1, 0.15) is 34.1 Å². The number of ether oxygens (including phenoxy) is 4. The third-order valence-electron chi connectivity index (χ3n) is 3.69. The van der Waals surface area contributed by atoms with E-state index < -0.39 is 23.8 Å². The van der Waals surface area contributed by atoms with E-state index in [0.717, 1.165) is 6.42 Å². The van der Waals surface area contributed by atoms with E-state index in [1.165, 1.54) is 0 Å². The van der Waals surface area contributed by atoms with Crippen molar-refractivity contribution in [1.82, 2.24) is 0 Å². The lowest BCUT2D eigenvalue weighted by atomic mass is 9.86. The first-order valence-corrected chi connectivity index (χ1v) is 6.07. The van der Waals surface area contributed by atoms with Gasteiger partial charge in [0.1, 0.15) is 18.3 Å². The number of hydrogen-bond donors (Lipinski definition) is 1. The first-order chi connectivity index (χ1) is 7.83. The van der Waals surface area contributed by atoms with Crippen molar-refractivity contribution in [2.45, 2.75) is 70.1 Å². The molecule has 0 aliphatic carbocycles. The third-order valence-corrected chi connectivity index (χ3v) is 3.69. The fraction of sp³-hybridized carbons (Fsp3) is 1.00. The molecule has 17 heavy (non-hydrogen) atoms. The molecule has 2 fully saturated rings. The fourth-order valence-corrected chi connectivity index (χ4v) is 2.70. The molecule has 0 amide bonds. The van der Waals surface area contributed by atoms with Crippen molar-refractivity contribution in [3.05, 3.63) is 0 Å². The molecule has 0 radical (unpaired) electrons. The first-order valence-electron chi connectivity index (χ1n) is 6.07. The maximum Gasteiger partial charge on any atom is 0.184 e. The van der Waals surface area contributed by atoms with Crippen molar-refractivity contribution < 1.29 is 24.1 Å². The van der Waals surface area contributed by atoms with E-state index in [2.05, 4.69) is 0 Å². The Morgan fingerprint density at radius 3 is 2.24 bits per heavy atom. The van der Waals surface area contributed by atoms with Gasteiger partial charge >= 0.3 is 0 Å². The minimum atomic E-state index is -0.974. The summed E-state index contributed by atoms with van der Waals surface area (Å²) in [4.78, 5) is 0. The third kappa shape index (κ3) is 2.11. The van der Waals surface area contributed by atoms with Crippen LogP contribution >= 0.6 is 0 Å². The van der Waals surface area contributed by atoms with Crippen molar-refractivity contribution in [2.24, 2.45) is 0 Å². The quantitative estimate of drug-likeness (QED) is 0.789. The molecule has 2 aliphatic rings. The Hall–Kier alpha value is -0.200. The maximum absolute atomic E-state index is 10.0. The van der Waals surface area contributed by atoms with Gasteiger partial charge in [0.2, 0.25) is 0 Å². The molecule has 0 aromatic carbocycles. The molecular formula is C12H22O5. The molecular weight excluding hydrogens is 224 g/mol. The Balaban J connectivity index is 2.28. The molecule has 5 atom stereocenters. The molecule has 0 bridgehead atoms. The highest BCUT2D eigenvalue weighted by molar-refractivity contribution is 5.02. The highest BCUT2D eigenvalue weighted by atomic mass is 16.8. The molecule has 0 saturated carbocycles. The van der Waals surface area contributed by atoms with Crippen LogP contribution in [-0.4, -0.2) is 48.2 Å². The second kappa shape index (κ2) is 4.17. The second-order valence-electron chi connectivity index (χ2n) is 5.40. The number of hydrogen-bond acceptors (Lipinski definition) is 5. The molecule has 2 aliphatic heterocycles. The normalized spacial score (nSPS) is 49.1. The minimum absolute atomic E-state index is 0.248.